The lowest BCUT2D eigenvalue weighted by Crippen LogP contribution is -2.43. The predicted octanol–water partition coefficient (Wildman–Crippen LogP) is 0.576. The van der Waals surface area contributed by atoms with Crippen LogP contribution in [0.2, 0.25) is 0 Å². The van der Waals surface area contributed by atoms with Gasteiger partial charge in [-0.3, -0.25) is 4.79 Å². The Morgan fingerprint density at radius 3 is 2.48 bits per heavy atom. The molecule has 2 atom stereocenters. The van der Waals surface area contributed by atoms with E-state index in [0.29, 0.717) is 13.0 Å². The first-order valence-electron chi connectivity index (χ1n) is 8.06. The number of nitrogens with zero attached hydrogens (tertiary/aromatic N) is 1. The third kappa shape index (κ3) is 4.93. The number of rotatable bonds is 6. The molecule has 138 valence electrons. The van der Waals surface area contributed by atoms with Gasteiger partial charge in [0.1, 0.15) is 0 Å². The number of carbonyl (C=O) groups is 2. The largest absolute Gasteiger partial charge is 0.352 e. The number of carbonyl (C=O) groups excluding carboxylic acids is 2. The highest BCUT2D eigenvalue weighted by atomic mass is 32.2. The molecule has 1 saturated heterocycles. The maximum atomic E-state index is 12.0. The van der Waals surface area contributed by atoms with Crippen molar-refractivity contribution in [1.82, 2.24) is 20.3 Å². The van der Waals surface area contributed by atoms with Crippen LogP contribution in [0.1, 0.15) is 31.4 Å². The van der Waals surface area contributed by atoms with Crippen LogP contribution < -0.4 is 16.0 Å². The van der Waals surface area contributed by atoms with Crippen LogP contribution in [0.4, 0.5) is 4.79 Å². The first-order chi connectivity index (χ1) is 11.7. The molecule has 2 rings (SSSR count). The van der Waals surface area contributed by atoms with Crippen molar-refractivity contribution < 1.29 is 18.0 Å². The summed E-state index contributed by atoms with van der Waals surface area (Å²) in [4.78, 5) is 23.3. The minimum Gasteiger partial charge on any atom is -0.352 e. The van der Waals surface area contributed by atoms with Crippen LogP contribution in [0, 0.1) is 0 Å². The SMILES string of the molecule is CC(NC(=O)NC[C@@H]1CCC(=O)N1)c1ccc(S(=O)(=O)N(C)C)cc1. The predicted molar refractivity (Wildman–Crippen MR) is 93.4 cm³/mol. The molecule has 8 nitrogen and oxygen atoms in total. The maximum absolute atomic E-state index is 12.0. The summed E-state index contributed by atoms with van der Waals surface area (Å²) in [5, 5.41) is 8.30. The van der Waals surface area contributed by atoms with E-state index in [1.807, 2.05) is 6.92 Å². The van der Waals surface area contributed by atoms with Crippen molar-refractivity contribution >= 4 is 22.0 Å². The number of urea groups is 1. The quantitative estimate of drug-likeness (QED) is 0.682. The van der Waals surface area contributed by atoms with Crippen molar-refractivity contribution in [3.63, 3.8) is 0 Å². The second kappa shape index (κ2) is 7.83. The highest BCUT2D eigenvalue weighted by Gasteiger charge is 2.21. The number of sulfonamides is 1. The molecule has 1 fully saturated rings. The minimum absolute atomic E-state index is 0.00772. The Morgan fingerprint density at radius 1 is 1.32 bits per heavy atom. The molecule has 1 aromatic carbocycles. The van der Waals surface area contributed by atoms with Crippen LogP contribution in [-0.4, -0.2) is 51.3 Å². The van der Waals surface area contributed by atoms with Crippen molar-refractivity contribution in [3.05, 3.63) is 29.8 Å². The van der Waals surface area contributed by atoms with Crippen molar-refractivity contribution in [3.8, 4) is 0 Å². The van der Waals surface area contributed by atoms with Gasteiger partial charge >= 0.3 is 6.03 Å². The highest BCUT2D eigenvalue weighted by molar-refractivity contribution is 7.89. The van der Waals surface area contributed by atoms with Gasteiger partial charge in [0.2, 0.25) is 15.9 Å². The molecule has 1 aliphatic heterocycles. The lowest BCUT2D eigenvalue weighted by Gasteiger charge is -2.17. The highest BCUT2D eigenvalue weighted by Crippen LogP contribution is 2.18. The van der Waals surface area contributed by atoms with E-state index in [4.69, 9.17) is 0 Å². The minimum atomic E-state index is -3.47. The zero-order valence-corrected chi connectivity index (χ0v) is 15.4. The van der Waals surface area contributed by atoms with E-state index in [0.717, 1.165) is 16.3 Å². The first-order valence-corrected chi connectivity index (χ1v) is 9.50. The van der Waals surface area contributed by atoms with Crippen LogP contribution in [0.15, 0.2) is 29.2 Å². The molecule has 1 aromatic rings. The lowest BCUT2D eigenvalue weighted by atomic mass is 10.1. The van der Waals surface area contributed by atoms with Crippen molar-refractivity contribution in [2.45, 2.75) is 36.7 Å². The summed E-state index contributed by atoms with van der Waals surface area (Å²) in [5.41, 5.74) is 0.794. The number of amides is 3. The Kier molecular flexibility index (Phi) is 6.02. The van der Waals surface area contributed by atoms with Gasteiger partial charge in [-0.1, -0.05) is 12.1 Å². The number of hydrogen-bond donors (Lipinski definition) is 3. The van der Waals surface area contributed by atoms with E-state index in [9.17, 15) is 18.0 Å². The van der Waals surface area contributed by atoms with Crippen LogP contribution in [0.25, 0.3) is 0 Å². The Balaban J connectivity index is 1.88. The van der Waals surface area contributed by atoms with Crippen LogP contribution in [-0.2, 0) is 14.8 Å². The lowest BCUT2D eigenvalue weighted by molar-refractivity contribution is -0.119. The molecule has 0 bridgehead atoms. The van der Waals surface area contributed by atoms with Gasteiger partial charge in [-0.05, 0) is 31.0 Å². The van der Waals surface area contributed by atoms with Gasteiger partial charge in [-0.25, -0.2) is 17.5 Å². The normalized spacial score (nSPS) is 18.7. The molecule has 25 heavy (non-hydrogen) atoms. The summed E-state index contributed by atoms with van der Waals surface area (Å²) in [6, 6.07) is 5.76. The smallest absolute Gasteiger partial charge is 0.315 e. The summed E-state index contributed by atoms with van der Waals surface area (Å²) in [6.07, 6.45) is 1.21. The fraction of sp³-hybridized carbons (Fsp3) is 0.500. The summed E-state index contributed by atoms with van der Waals surface area (Å²) in [6.45, 7) is 2.19. The molecule has 0 spiro atoms. The Morgan fingerprint density at radius 2 is 1.96 bits per heavy atom. The second-order valence-corrected chi connectivity index (χ2v) is 8.39. The van der Waals surface area contributed by atoms with Gasteiger partial charge in [0.05, 0.1) is 10.9 Å². The van der Waals surface area contributed by atoms with Crippen LogP contribution >= 0.6 is 0 Å². The van der Waals surface area contributed by atoms with Crippen molar-refractivity contribution in [2.75, 3.05) is 20.6 Å². The molecule has 3 N–H and O–H groups in total. The fourth-order valence-corrected chi connectivity index (χ4v) is 3.42. The van der Waals surface area contributed by atoms with Gasteiger partial charge in [0.15, 0.2) is 0 Å². The van der Waals surface area contributed by atoms with Crippen LogP contribution in [0.3, 0.4) is 0 Å². The van der Waals surface area contributed by atoms with E-state index in [1.165, 1.54) is 26.2 Å². The molecule has 0 aliphatic carbocycles. The molecule has 0 radical (unpaired) electrons. The second-order valence-electron chi connectivity index (χ2n) is 6.24. The van der Waals surface area contributed by atoms with E-state index in [-0.39, 0.29) is 28.9 Å². The van der Waals surface area contributed by atoms with Gasteiger partial charge in [-0.2, -0.15) is 0 Å². The third-order valence-electron chi connectivity index (χ3n) is 4.10. The van der Waals surface area contributed by atoms with E-state index in [2.05, 4.69) is 16.0 Å². The van der Waals surface area contributed by atoms with Crippen LogP contribution in [0.5, 0.6) is 0 Å². The van der Waals surface area contributed by atoms with Crippen molar-refractivity contribution in [1.29, 1.82) is 0 Å². The maximum Gasteiger partial charge on any atom is 0.315 e. The van der Waals surface area contributed by atoms with Crippen molar-refractivity contribution in [2.24, 2.45) is 0 Å². The summed E-state index contributed by atoms with van der Waals surface area (Å²) >= 11 is 0. The molecular weight excluding hydrogens is 344 g/mol. The average molecular weight is 368 g/mol. The monoisotopic (exact) mass is 368 g/mol. The van der Waals surface area contributed by atoms with Gasteiger partial charge < -0.3 is 16.0 Å². The number of hydrogen-bond acceptors (Lipinski definition) is 4. The zero-order chi connectivity index (χ0) is 18.6. The molecule has 3 amide bonds. The summed E-state index contributed by atoms with van der Waals surface area (Å²) in [5.74, 6) is 0.00772. The van der Waals surface area contributed by atoms with Gasteiger partial charge in [-0.15, -0.1) is 0 Å². The Bertz CT molecular complexity index is 731. The first kappa shape index (κ1) is 19.2. The van der Waals surface area contributed by atoms with Gasteiger partial charge in [0, 0.05) is 33.1 Å². The number of benzene rings is 1. The zero-order valence-electron chi connectivity index (χ0n) is 14.6. The topological polar surface area (TPSA) is 108 Å². The molecule has 1 heterocycles. The molecular formula is C16H24N4O4S. The van der Waals surface area contributed by atoms with Gasteiger partial charge in [0.25, 0.3) is 0 Å². The molecule has 0 saturated carbocycles. The van der Waals surface area contributed by atoms with E-state index >= 15 is 0 Å². The average Bonchev–Trinajstić information content (AvgIpc) is 2.98. The Labute approximate surface area is 148 Å². The molecule has 9 heteroatoms. The summed E-state index contributed by atoms with van der Waals surface area (Å²) < 4.78 is 25.2. The van der Waals surface area contributed by atoms with E-state index < -0.39 is 10.0 Å². The molecule has 0 aromatic heterocycles. The Hall–Kier alpha value is -2.13. The molecule has 1 aliphatic rings. The summed E-state index contributed by atoms with van der Waals surface area (Å²) in [7, 11) is -0.512. The standard InChI is InChI=1S/C16H24N4O4S/c1-11(18-16(22)17-10-13-6-9-15(21)19-13)12-4-7-14(8-5-12)25(23,24)20(2)3/h4-5,7-8,11,13H,6,9-10H2,1-3H3,(H,19,21)(H2,17,18,22)/t11?,13-/m0/s1. The van der Waals surface area contributed by atoms with E-state index in [1.54, 1.807) is 12.1 Å². The fourth-order valence-electron chi connectivity index (χ4n) is 2.52. The number of nitrogens with one attached hydrogen (secondary N) is 3. The molecule has 1 unspecified atom stereocenters. The third-order valence-corrected chi connectivity index (χ3v) is 5.93.